The first-order valence-corrected chi connectivity index (χ1v) is 13.5. The van der Waals surface area contributed by atoms with E-state index in [-0.39, 0.29) is 23.0 Å². The Bertz CT molecular complexity index is 1730. The van der Waals surface area contributed by atoms with Crippen molar-refractivity contribution in [2.75, 3.05) is 13.7 Å². The van der Waals surface area contributed by atoms with Crippen molar-refractivity contribution < 1.29 is 28.2 Å². The summed E-state index contributed by atoms with van der Waals surface area (Å²) in [5.74, 6) is 0.801. The zero-order valence-electron chi connectivity index (χ0n) is 23.8. The minimum Gasteiger partial charge on any atom is -0.493 e. The van der Waals surface area contributed by atoms with Gasteiger partial charge in [0.05, 0.1) is 19.6 Å². The van der Waals surface area contributed by atoms with Gasteiger partial charge in [-0.15, -0.1) is 0 Å². The summed E-state index contributed by atoms with van der Waals surface area (Å²) in [7, 11) is 1.58. The molecule has 0 saturated heterocycles. The van der Waals surface area contributed by atoms with Crippen molar-refractivity contribution in [1.29, 1.82) is 5.26 Å². The monoisotopic (exact) mass is 552 g/mol. The summed E-state index contributed by atoms with van der Waals surface area (Å²) in [5.41, 5.74) is 11.5. The van der Waals surface area contributed by atoms with Crippen LogP contribution in [0, 0.1) is 32.1 Å². The van der Waals surface area contributed by atoms with E-state index in [0.29, 0.717) is 40.6 Å². The van der Waals surface area contributed by atoms with E-state index in [1.807, 2.05) is 51.1 Å². The van der Waals surface area contributed by atoms with E-state index >= 15 is 0 Å². The molecule has 1 unspecified atom stereocenters. The highest BCUT2D eigenvalue weighted by Gasteiger charge is 2.32. The van der Waals surface area contributed by atoms with Gasteiger partial charge in [0, 0.05) is 22.6 Å². The number of hydrogen-bond donors (Lipinski definition) is 1. The van der Waals surface area contributed by atoms with Crippen molar-refractivity contribution in [3.63, 3.8) is 0 Å². The molecule has 0 radical (unpaired) electrons. The van der Waals surface area contributed by atoms with E-state index in [4.69, 9.17) is 29.1 Å². The lowest BCUT2D eigenvalue weighted by Gasteiger charge is -2.27. The Labute approximate surface area is 238 Å². The number of methoxy groups -OCH3 is 1. The number of hydrogen-bond acceptors (Lipinski definition) is 8. The predicted molar refractivity (Wildman–Crippen MR) is 155 cm³/mol. The Morgan fingerprint density at radius 2 is 1.83 bits per heavy atom. The van der Waals surface area contributed by atoms with Crippen LogP contribution in [-0.2, 0) is 0 Å². The molecule has 0 amide bonds. The Morgan fingerprint density at radius 3 is 2.56 bits per heavy atom. The lowest BCUT2D eigenvalue weighted by molar-refractivity contribution is 0.0702. The maximum atomic E-state index is 13.1. The number of unbranched alkanes of at least 4 members (excludes halogenated alkanes) is 1. The van der Waals surface area contributed by atoms with Gasteiger partial charge in [0.25, 0.3) is 0 Å². The summed E-state index contributed by atoms with van der Waals surface area (Å²) in [6.45, 7) is 8.52. The number of fused-ring (bicyclic) bond motifs is 2. The van der Waals surface area contributed by atoms with E-state index in [1.54, 1.807) is 25.3 Å². The van der Waals surface area contributed by atoms with Gasteiger partial charge in [-0.1, -0.05) is 25.5 Å². The number of rotatable bonds is 8. The second-order valence-corrected chi connectivity index (χ2v) is 10.1. The van der Waals surface area contributed by atoms with Gasteiger partial charge in [0.1, 0.15) is 28.7 Å². The fraction of sp³-hybridized carbons (Fsp3) is 0.273. The number of allylic oxidation sites excluding steroid dienone is 1. The largest absolute Gasteiger partial charge is 0.493 e. The van der Waals surface area contributed by atoms with Crippen LogP contribution in [0.15, 0.2) is 64.4 Å². The van der Waals surface area contributed by atoms with Gasteiger partial charge in [-0.3, -0.25) is 0 Å². The van der Waals surface area contributed by atoms with Crippen molar-refractivity contribution in [2.24, 2.45) is 5.73 Å². The molecule has 1 atom stereocenters. The molecule has 1 aliphatic rings. The average molecular weight is 553 g/mol. The van der Waals surface area contributed by atoms with Gasteiger partial charge in [-0.25, -0.2) is 4.79 Å². The van der Waals surface area contributed by atoms with Crippen LogP contribution in [0.1, 0.15) is 64.1 Å². The minimum absolute atomic E-state index is 0.0189. The van der Waals surface area contributed by atoms with Gasteiger partial charge >= 0.3 is 5.97 Å². The Morgan fingerprint density at radius 1 is 1.05 bits per heavy atom. The molecular weight excluding hydrogens is 520 g/mol. The molecule has 3 aromatic carbocycles. The first-order valence-electron chi connectivity index (χ1n) is 13.5. The molecule has 5 rings (SSSR count). The molecule has 1 aromatic heterocycles. The highest BCUT2D eigenvalue weighted by atomic mass is 16.5. The van der Waals surface area contributed by atoms with Crippen molar-refractivity contribution in [3.8, 4) is 29.1 Å². The van der Waals surface area contributed by atoms with E-state index in [0.717, 1.165) is 34.9 Å². The molecule has 210 valence electrons. The van der Waals surface area contributed by atoms with Crippen LogP contribution in [0.4, 0.5) is 0 Å². The number of benzene rings is 3. The molecular formula is C33H32N2O6. The smallest absolute Gasteiger partial charge is 0.379 e. The van der Waals surface area contributed by atoms with E-state index in [2.05, 4.69) is 13.0 Å². The molecule has 41 heavy (non-hydrogen) atoms. The van der Waals surface area contributed by atoms with Gasteiger partial charge < -0.3 is 29.1 Å². The first kappa shape index (κ1) is 27.7. The Hall–Kier alpha value is -4.90. The maximum absolute atomic E-state index is 13.1. The molecule has 8 heteroatoms. The highest BCUT2D eigenvalue weighted by Crippen LogP contribution is 2.45. The Kier molecular flexibility index (Phi) is 7.62. The molecule has 0 saturated carbocycles. The second-order valence-electron chi connectivity index (χ2n) is 10.1. The van der Waals surface area contributed by atoms with Crippen molar-refractivity contribution in [2.45, 2.75) is 46.5 Å². The maximum Gasteiger partial charge on any atom is 0.379 e. The lowest BCUT2D eigenvalue weighted by Crippen LogP contribution is -2.21. The molecule has 1 aliphatic heterocycles. The topological polar surface area (TPSA) is 117 Å². The third kappa shape index (κ3) is 5.19. The highest BCUT2D eigenvalue weighted by molar-refractivity contribution is 5.97. The SMILES string of the molecule is CCCCOc1ccc(C2C(C#N)=C(N)Oc3cc(OC(=O)c4oc5cc(C)c(C)cc5c4C)ccc32)cc1OC. The van der Waals surface area contributed by atoms with Crippen LogP contribution in [0.5, 0.6) is 23.0 Å². The fourth-order valence-electron chi connectivity index (χ4n) is 4.98. The molecule has 4 aromatic rings. The summed E-state index contributed by atoms with van der Waals surface area (Å²) in [6.07, 6.45) is 1.95. The number of nitrogens with two attached hydrogens (primary N) is 1. The number of aryl methyl sites for hydroxylation is 3. The van der Waals surface area contributed by atoms with Gasteiger partial charge in [0.15, 0.2) is 11.5 Å². The molecule has 0 aliphatic carbocycles. The summed E-state index contributed by atoms with van der Waals surface area (Å²) >= 11 is 0. The van der Waals surface area contributed by atoms with Crippen LogP contribution in [0.2, 0.25) is 0 Å². The molecule has 0 bridgehead atoms. The zero-order chi connectivity index (χ0) is 29.3. The molecule has 0 spiro atoms. The molecule has 8 nitrogen and oxygen atoms in total. The third-order valence-electron chi connectivity index (χ3n) is 7.42. The van der Waals surface area contributed by atoms with Crippen LogP contribution < -0.4 is 24.7 Å². The Balaban J connectivity index is 1.46. The quantitative estimate of drug-likeness (QED) is 0.141. The van der Waals surface area contributed by atoms with Crippen LogP contribution >= 0.6 is 0 Å². The van der Waals surface area contributed by atoms with Crippen LogP contribution in [0.3, 0.4) is 0 Å². The number of carbonyl (C=O) groups is 1. The standard InChI is InChI=1S/C33H32N2O6/c1-6-7-12-38-26-11-8-21(15-29(26)37-5)30-23-10-9-22(16-28(23)41-32(35)25(30)17-34)39-33(36)31-20(4)24-13-18(2)19(3)14-27(24)40-31/h8-11,13-16,30H,6-7,12,35H2,1-5H3. The summed E-state index contributed by atoms with van der Waals surface area (Å²) in [6, 6.07) is 16.7. The predicted octanol–water partition coefficient (Wildman–Crippen LogP) is 6.98. The van der Waals surface area contributed by atoms with Crippen molar-refractivity contribution >= 4 is 16.9 Å². The number of ether oxygens (including phenoxy) is 4. The third-order valence-corrected chi connectivity index (χ3v) is 7.42. The van der Waals surface area contributed by atoms with E-state index in [1.165, 1.54) is 0 Å². The molecule has 0 fully saturated rings. The van der Waals surface area contributed by atoms with Crippen LogP contribution in [0.25, 0.3) is 11.0 Å². The fourth-order valence-corrected chi connectivity index (χ4v) is 4.98. The first-order chi connectivity index (χ1) is 19.7. The van der Waals surface area contributed by atoms with E-state index < -0.39 is 11.9 Å². The number of esters is 1. The summed E-state index contributed by atoms with van der Waals surface area (Å²) in [4.78, 5) is 13.1. The van der Waals surface area contributed by atoms with E-state index in [9.17, 15) is 10.1 Å². The van der Waals surface area contributed by atoms with Gasteiger partial charge in [0.2, 0.25) is 11.6 Å². The normalized spacial score (nSPS) is 14.3. The average Bonchev–Trinajstić information content (AvgIpc) is 3.27. The van der Waals surface area contributed by atoms with Crippen molar-refractivity contribution in [3.05, 3.63) is 93.6 Å². The minimum atomic E-state index is -0.619. The number of nitrogens with zero attached hydrogens (tertiary/aromatic N) is 1. The van der Waals surface area contributed by atoms with Crippen LogP contribution in [-0.4, -0.2) is 19.7 Å². The van der Waals surface area contributed by atoms with Crippen molar-refractivity contribution in [1.82, 2.24) is 0 Å². The summed E-state index contributed by atoms with van der Waals surface area (Å²) in [5, 5.41) is 10.8. The summed E-state index contributed by atoms with van der Waals surface area (Å²) < 4.78 is 28.9. The van der Waals surface area contributed by atoms with Gasteiger partial charge in [-0.2, -0.15) is 5.26 Å². The van der Waals surface area contributed by atoms with Gasteiger partial charge in [-0.05, 0) is 74.2 Å². The lowest BCUT2D eigenvalue weighted by atomic mass is 9.83. The molecule has 2 heterocycles. The number of carbonyl (C=O) groups excluding carboxylic acids is 1. The second kappa shape index (κ2) is 11.3. The number of furan rings is 1. The molecule has 2 N–H and O–H groups in total. The number of nitriles is 1. The zero-order valence-corrected chi connectivity index (χ0v) is 23.8.